The zero-order valence-electron chi connectivity index (χ0n) is 17.0. The smallest absolute Gasteiger partial charge is 0.266 e. The summed E-state index contributed by atoms with van der Waals surface area (Å²) in [5.41, 5.74) is 2.13. The van der Waals surface area contributed by atoms with Gasteiger partial charge in [-0.3, -0.25) is 14.2 Å². The molecule has 1 heterocycles. The van der Waals surface area contributed by atoms with Crippen molar-refractivity contribution in [3.8, 4) is 5.69 Å². The van der Waals surface area contributed by atoms with Crippen LogP contribution in [-0.4, -0.2) is 26.8 Å². The molecule has 0 saturated heterocycles. The minimum Gasteiger partial charge on any atom is -0.352 e. The van der Waals surface area contributed by atoms with Gasteiger partial charge >= 0.3 is 0 Å². The van der Waals surface area contributed by atoms with Crippen molar-refractivity contribution < 1.29 is 4.79 Å². The van der Waals surface area contributed by atoms with Gasteiger partial charge in [0.15, 0.2) is 5.16 Å². The molecule has 30 heavy (non-hydrogen) atoms. The highest BCUT2D eigenvalue weighted by atomic mass is 35.5. The molecule has 7 heteroatoms. The van der Waals surface area contributed by atoms with Crippen molar-refractivity contribution in [2.45, 2.75) is 56.0 Å². The first-order valence-electron chi connectivity index (χ1n) is 10.2. The summed E-state index contributed by atoms with van der Waals surface area (Å²) in [7, 11) is 0. The van der Waals surface area contributed by atoms with Gasteiger partial charge in [-0.25, -0.2) is 4.98 Å². The van der Waals surface area contributed by atoms with E-state index in [0.29, 0.717) is 21.1 Å². The van der Waals surface area contributed by atoms with E-state index in [1.165, 1.54) is 11.8 Å². The lowest BCUT2D eigenvalue weighted by Gasteiger charge is -2.18. The topological polar surface area (TPSA) is 64.0 Å². The van der Waals surface area contributed by atoms with E-state index in [0.717, 1.165) is 36.9 Å². The lowest BCUT2D eigenvalue weighted by atomic mass is 10.2. The lowest BCUT2D eigenvalue weighted by Crippen LogP contribution is -2.38. The molecule has 2 aromatic carbocycles. The summed E-state index contributed by atoms with van der Waals surface area (Å²) in [5.74, 6) is -0.0249. The number of hydrogen-bond acceptors (Lipinski definition) is 4. The van der Waals surface area contributed by atoms with Crippen LogP contribution in [0.25, 0.3) is 16.6 Å². The number of fused-ring (bicyclic) bond motifs is 1. The molecule has 1 atom stereocenters. The maximum atomic E-state index is 13.4. The first-order chi connectivity index (χ1) is 14.4. The normalized spacial score (nSPS) is 15.4. The fourth-order valence-electron chi connectivity index (χ4n) is 3.81. The van der Waals surface area contributed by atoms with Crippen molar-refractivity contribution >= 4 is 40.2 Å². The summed E-state index contributed by atoms with van der Waals surface area (Å²) in [6.45, 7) is 3.83. The Morgan fingerprint density at radius 1 is 1.23 bits per heavy atom. The Kier molecular flexibility index (Phi) is 6.16. The maximum absolute atomic E-state index is 13.4. The number of aryl methyl sites for hydroxylation is 1. The van der Waals surface area contributed by atoms with Gasteiger partial charge in [0, 0.05) is 11.1 Å². The molecule has 1 unspecified atom stereocenters. The summed E-state index contributed by atoms with van der Waals surface area (Å²) in [6.07, 6.45) is 4.38. The average Bonchev–Trinajstić information content (AvgIpc) is 3.20. The van der Waals surface area contributed by atoms with Crippen LogP contribution >= 0.6 is 23.4 Å². The van der Waals surface area contributed by atoms with Crippen molar-refractivity contribution in [3.63, 3.8) is 0 Å². The summed E-state index contributed by atoms with van der Waals surface area (Å²) < 4.78 is 1.59. The van der Waals surface area contributed by atoms with Gasteiger partial charge in [-0.2, -0.15) is 0 Å². The summed E-state index contributed by atoms with van der Waals surface area (Å²) in [6, 6.07) is 13.0. The Morgan fingerprint density at radius 3 is 2.73 bits per heavy atom. The molecule has 1 aliphatic rings. The molecule has 3 aromatic rings. The molecule has 156 valence electrons. The van der Waals surface area contributed by atoms with E-state index in [1.807, 2.05) is 38.1 Å². The van der Waals surface area contributed by atoms with Crippen molar-refractivity contribution in [2.75, 3.05) is 0 Å². The summed E-state index contributed by atoms with van der Waals surface area (Å²) in [5, 5.41) is 4.24. The number of amides is 1. The van der Waals surface area contributed by atoms with Crippen molar-refractivity contribution in [2.24, 2.45) is 0 Å². The SMILES string of the molecule is Cc1cccc(-n2c(SC(C)C(=O)NC3CCCC3)nc3cc(Cl)ccc3c2=O)c1. The van der Waals surface area contributed by atoms with Gasteiger partial charge in [0.05, 0.1) is 21.8 Å². The van der Waals surface area contributed by atoms with Crippen LogP contribution in [0.15, 0.2) is 52.4 Å². The van der Waals surface area contributed by atoms with E-state index in [9.17, 15) is 9.59 Å². The van der Waals surface area contributed by atoms with Gasteiger partial charge in [0.2, 0.25) is 5.91 Å². The molecule has 0 radical (unpaired) electrons. The third-order valence-corrected chi connectivity index (χ3v) is 6.70. The minimum absolute atomic E-state index is 0.0249. The van der Waals surface area contributed by atoms with E-state index in [-0.39, 0.29) is 22.8 Å². The number of rotatable bonds is 5. The fourth-order valence-corrected chi connectivity index (χ4v) is 4.92. The van der Waals surface area contributed by atoms with E-state index < -0.39 is 0 Å². The van der Waals surface area contributed by atoms with Crippen LogP contribution in [0.5, 0.6) is 0 Å². The molecule has 5 nitrogen and oxygen atoms in total. The van der Waals surface area contributed by atoms with Crippen molar-refractivity contribution in [1.29, 1.82) is 0 Å². The highest BCUT2D eigenvalue weighted by Gasteiger charge is 2.24. The van der Waals surface area contributed by atoms with E-state index >= 15 is 0 Å². The Balaban J connectivity index is 1.75. The van der Waals surface area contributed by atoms with Gasteiger partial charge in [0.1, 0.15) is 0 Å². The van der Waals surface area contributed by atoms with Crippen LogP contribution in [0.1, 0.15) is 38.2 Å². The van der Waals surface area contributed by atoms with Crippen LogP contribution in [0.4, 0.5) is 0 Å². The number of nitrogens with one attached hydrogen (secondary N) is 1. The van der Waals surface area contributed by atoms with Gasteiger partial charge in [-0.05, 0) is 62.6 Å². The lowest BCUT2D eigenvalue weighted by molar-refractivity contribution is -0.120. The quantitative estimate of drug-likeness (QED) is 0.452. The fraction of sp³-hybridized carbons (Fsp3) is 0.348. The third-order valence-electron chi connectivity index (χ3n) is 5.41. The zero-order valence-corrected chi connectivity index (χ0v) is 18.6. The molecule has 0 bridgehead atoms. The molecule has 4 rings (SSSR count). The molecule has 1 aliphatic carbocycles. The number of aromatic nitrogens is 2. The number of halogens is 1. The number of thioether (sulfide) groups is 1. The highest BCUT2D eigenvalue weighted by Crippen LogP contribution is 2.27. The first-order valence-corrected chi connectivity index (χ1v) is 11.4. The third kappa shape index (κ3) is 4.40. The number of benzene rings is 2. The Morgan fingerprint density at radius 2 is 2.00 bits per heavy atom. The maximum Gasteiger partial charge on any atom is 0.266 e. The largest absolute Gasteiger partial charge is 0.352 e. The predicted molar refractivity (Wildman–Crippen MR) is 123 cm³/mol. The van der Waals surface area contributed by atoms with Crippen LogP contribution in [0.3, 0.4) is 0 Å². The standard InChI is InChI=1S/C23H24ClN3O2S/c1-14-6-5-9-18(12-14)27-22(29)19-11-10-16(24)13-20(19)26-23(27)30-15(2)21(28)25-17-7-3-4-8-17/h5-6,9-13,15,17H,3-4,7-8H2,1-2H3,(H,25,28). The summed E-state index contributed by atoms with van der Waals surface area (Å²) >= 11 is 7.43. The molecule has 1 amide bonds. The van der Waals surface area contributed by atoms with Gasteiger partial charge < -0.3 is 5.32 Å². The molecule has 1 fully saturated rings. The number of carbonyl (C=O) groups is 1. The van der Waals surface area contributed by atoms with E-state index in [2.05, 4.69) is 5.32 Å². The first kappa shape index (κ1) is 20.9. The molecular weight excluding hydrogens is 418 g/mol. The molecular formula is C23H24ClN3O2S. The number of carbonyl (C=O) groups excluding carboxylic acids is 1. The monoisotopic (exact) mass is 441 g/mol. The number of hydrogen-bond donors (Lipinski definition) is 1. The second-order valence-electron chi connectivity index (χ2n) is 7.79. The van der Waals surface area contributed by atoms with Crippen LogP contribution in [0, 0.1) is 6.92 Å². The van der Waals surface area contributed by atoms with Crippen LogP contribution < -0.4 is 10.9 Å². The molecule has 0 spiro atoms. The molecule has 1 aromatic heterocycles. The number of nitrogens with zero attached hydrogens (tertiary/aromatic N) is 2. The van der Waals surface area contributed by atoms with Gasteiger partial charge in [-0.15, -0.1) is 0 Å². The average molecular weight is 442 g/mol. The van der Waals surface area contributed by atoms with Gasteiger partial charge in [0.25, 0.3) is 5.56 Å². The predicted octanol–water partition coefficient (Wildman–Crippen LogP) is 4.89. The Bertz CT molecular complexity index is 1150. The van der Waals surface area contributed by atoms with Crippen LogP contribution in [-0.2, 0) is 4.79 Å². The molecule has 1 saturated carbocycles. The van der Waals surface area contributed by atoms with Crippen molar-refractivity contribution in [3.05, 3.63) is 63.4 Å². The zero-order chi connectivity index (χ0) is 21.3. The van der Waals surface area contributed by atoms with Crippen molar-refractivity contribution in [1.82, 2.24) is 14.9 Å². The molecule has 1 N–H and O–H groups in total. The highest BCUT2D eigenvalue weighted by molar-refractivity contribution is 8.00. The molecule has 0 aliphatic heterocycles. The minimum atomic E-state index is -0.384. The Labute approximate surface area is 184 Å². The Hall–Kier alpha value is -2.31. The second kappa shape index (κ2) is 8.82. The summed E-state index contributed by atoms with van der Waals surface area (Å²) in [4.78, 5) is 30.8. The van der Waals surface area contributed by atoms with E-state index in [1.54, 1.807) is 22.8 Å². The van der Waals surface area contributed by atoms with Crippen LogP contribution in [0.2, 0.25) is 5.02 Å². The van der Waals surface area contributed by atoms with E-state index in [4.69, 9.17) is 16.6 Å². The second-order valence-corrected chi connectivity index (χ2v) is 9.53. The van der Waals surface area contributed by atoms with Gasteiger partial charge in [-0.1, -0.05) is 48.3 Å².